The molecule has 29 heavy (non-hydrogen) atoms. The normalized spacial score (nSPS) is 14.8. The summed E-state index contributed by atoms with van der Waals surface area (Å²) in [6, 6.07) is 12.2. The number of oxime groups is 1. The quantitative estimate of drug-likeness (QED) is 0.483. The van der Waals surface area contributed by atoms with Crippen LogP contribution in [-0.4, -0.2) is 20.2 Å². The second-order valence-corrected chi connectivity index (χ2v) is 7.15. The Balaban J connectivity index is 0.000000687. The van der Waals surface area contributed by atoms with Crippen LogP contribution in [0.15, 0.2) is 53.7 Å². The lowest BCUT2D eigenvalue weighted by Crippen LogP contribution is -2.16. The molecule has 3 rings (SSSR count). The second-order valence-electron chi connectivity index (χ2n) is 6.24. The zero-order valence-corrected chi connectivity index (χ0v) is 16.7. The molecule has 2 aromatic carbocycles. The molecule has 10 heteroatoms. The van der Waals surface area contributed by atoms with Gasteiger partial charge in [0, 0.05) is 16.1 Å². The van der Waals surface area contributed by atoms with Crippen molar-refractivity contribution in [3.8, 4) is 0 Å². The van der Waals surface area contributed by atoms with Crippen molar-refractivity contribution in [3.63, 3.8) is 0 Å². The van der Waals surface area contributed by atoms with Crippen molar-refractivity contribution in [1.82, 2.24) is 0 Å². The lowest BCUT2D eigenvalue weighted by molar-refractivity contribution is -0.137. The summed E-state index contributed by atoms with van der Waals surface area (Å²) in [4.78, 5) is 5.56. The third kappa shape index (κ3) is 7.17. The van der Waals surface area contributed by atoms with Gasteiger partial charge in [0.2, 0.25) is 0 Å². The highest BCUT2D eigenvalue weighted by Gasteiger charge is 2.35. The summed E-state index contributed by atoms with van der Waals surface area (Å²) in [5.41, 5.74) is -0.172. The van der Waals surface area contributed by atoms with Gasteiger partial charge in [0.1, 0.15) is 11.8 Å². The zero-order valence-electron chi connectivity index (χ0n) is 15.1. The van der Waals surface area contributed by atoms with Crippen LogP contribution < -0.4 is 0 Å². The van der Waals surface area contributed by atoms with Crippen LogP contribution in [0.4, 0.5) is 13.2 Å². The van der Waals surface area contributed by atoms with Crippen LogP contribution in [0.1, 0.15) is 42.4 Å². The lowest BCUT2D eigenvalue weighted by atomic mass is 9.97. The molecular weight excluding hydrogens is 429 g/mol. The number of hydrogen-bond acceptors (Lipinski definition) is 5. The van der Waals surface area contributed by atoms with E-state index in [2.05, 4.69) is 5.16 Å². The Morgan fingerprint density at radius 3 is 2.24 bits per heavy atom. The van der Waals surface area contributed by atoms with Gasteiger partial charge < -0.3 is 4.84 Å². The van der Waals surface area contributed by atoms with E-state index in [0.717, 1.165) is 31.7 Å². The molecule has 0 radical (unpaired) electrons. The second kappa shape index (κ2) is 10.4. The fourth-order valence-corrected chi connectivity index (χ4v) is 3.11. The number of benzene rings is 2. The summed E-state index contributed by atoms with van der Waals surface area (Å²) in [5, 5.41) is 4.33. The van der Waals surface area contributed by atoms with E-state index in [1.165, 1.54) is 12.1 Å². The standard InChI is InChI=1S/C19H17ClF3NO.HNO2S/c20-14-10-11-17(19(21,22)23)16(12-14)18(13-6-2-1-3-7-13)24-25-15-8-4-5-9-15;1-4(2)3/h1-3,6-7,10-12,15H,4-5,8-9H2;1H/b24-18+;. The highest BCUT2D eigenvalue weighted by molar-refractivity contribution is 7.60. The minimum Gasteiger partial charge on any atom is -0.392 e. The van der Waals surface area contributed by atoms with Crippen LogP contribution in [0.5, 0.6) is 0 Å². The summed E-state index contributed by atoms with van der Waals surface area (Å²) < 4.78 is 63.2. The molecule has 0 atom stereocenters. The lowest BCUT2D eigenvalue weighted by Gasteiger charge is -2.16. The molecule has 1 N–H and O–H groups in total. The van der Waals surface area contributed by atoms with Crippen LogP contribution in [0.3, 0.4) is 0 Å². The van der Waals surface area contributed by atoms with Gasteiger partial charge in [-0.1, -0.05) is 47.1 Å². The fraction of sp³-hybridized carbons (Fsp3) is 0.316. The molecule has 5 nitrogen and oxygen atoms in total. The third-order valence-electron chi connectivity index (χ3n) is 4.18. The summed E-state index contributed by atoms with van der Waals surface area (Å²) in [5.74, 6) is 0. The molecule has 1 aliphatic rings. The summed E-state index contributed by atoms with van der Waals surface area (Å²) in [6.07, 6.45) is -0.728. The van der Waals surface area contributed by atoms with Crippen molar-refractivity contribution in [2.75, 3.05) is 0 Å². The monoisotopic (exact) mass is 446 g/mol. The average molecular weight is 447 g/mol. The van der Waals surface area contributed by atoms with Crippen LogP contribution in [0, 0.1) is 4.78 Å². The van der Waals surface area contributed by atoms with Crippen molar-refractivity contribution in [2.24, 2.45) is 5.16 Å². The fourth-order valence-electron chi connectivity index (χ4n) is 2.93. The van der Waals surface area contributed by atoms with Gasteiger partial charge in [-0.25, -0.2) is 0 Å². The predicted molar refractivity (Wildman–Crippen MR) is 104 cm³/mol. The number of halogens is 4. The number of alkyl halides is 3. The molecule has 0 spiro atoms. The van der Waals surface area contributed by atoms with E-state index < -0.39 is 22.2 Å². The maximum absolute atomic E-state index is 13.5. The topological polar surface area (TPSA) is 79.6 Å². The van der Waals surface area contributed by atoms with Gasteiger partial charge in [-0.2, -0.15) is 26.4 Å². The molecule has 0 heterocycles. The Hall–Kier alpha value is -2.39. The third-order valence-corrected chi connectivity index (χ3v) is 4.42. The summed E-state index contributed by atoms with van der Waals surface area (Å²) >= 11 is 5.96. The maximum Gasteiger partial charge on any atom is 0.417 e. The number of rotatable bonds is 4. The first-order chi connectivity index (χ1) is 13.7. The first kappa shape index (κ1) is 22.9. The van der Waals surface area contributed by atoms with Crippen molar-refractivity contribution in [1.29, 1.82) is 4.78 Å². The Bertz CT molecular complexity index is 952. The number of nitrogens with one attached hydrogen (secondary N) is 1. The van der Waals surface area contributed by atoms with Crippen LogP contribution in [0.2, 0.25) is 5.02 Å². The largest absolute Gasteiger partial charge is 0.417 e. The summed E-state index contributed by atoms with van der Waals surface area (Å²) in [6.45, 7) is 0. The molecule has 1 aliphatic carbocycles. The highest BCUT2D eigenvalue weighted by atomic mass is 35.5. The maximum atomic E-state index is 13.5. The minimum absolute atomic E-state index is 0.0489. The van der Waals surface area contributed by atoms with E-state index in [-0.39, 0.29) is 22.4 Å². The van der Waals surface area contributed by atoms with E-state index in [9.17, 15) is 13.2 Å². The molecule has 0 aliphatic heterocycles. The predicted octanol–water partition coefficient (Wildman–Crippen LogP) is 5.70. The van der Waals surface area contributed by atoms with Gasteiger partial charge in [-0.15, -0.1) is 0 Å². The van der Waals surface area contributed by atoms with Gasteiger partial charge in [0.25, 0.3) is 0 Å². The molecule has 0 aromatic heterocycles. The first-order valence-corrected chi connectivity index (χ1v) is 10.1. The molecule has 0 amide bonds. The Labute approximate surface area is 172 Å². The van der Waals surface area contributed by atoms with Crippen LogP contribution >= 0.6 is 11.6 Å². The van der Waals surface area contributed by atoms with E-state index in [0.29, 0.717) is 5.56 Å². The van der Waals surface area contributed by atoms with Gasteiger partial charge in [-0.05, 0) is 43.9 Å². The van der Waals surface area contributed by atoms with Crippen LogP contribution in [-0.2, 0) is 21.5 Å². The molecule has 2 aromatic rings. The minimum atomic E-state index is -4.51. The Morgan fingerprint density at radius 1 is 1.10 bits per heavy atom. The SMILES string of the molecule is FC(F)(F)c1ccc(Cl)cc1/C(=N/OC1CCCC1)c1ccccc1.N=S(=O)=O. The van der Waals surface area contributed by atoms with Gasteiger partial charge in [0.05, 0.1) is 5.56 Å². The molecule has 156 valence electrons. The Kier molecular flexibility index (Phi) is 8.21. The molecule has 0 bridgehead atoms. The Morgan fingerprint density at radius 2 is 1.69 bits per heavy atom. The highest BCUT2D eigenvalue weighted by Crippen LogP contribution is 2.35. The molecule has 0 saturated heterocycles. The van der Waals surface area contributed by atoms with Crippen molar-refractivity contribution in [3.05, 3.63) is 70.2 Å². The number of hydrogen-bond donors (Lipinski definition) is 1. The van der Waals surface area contributed by atoms with Gasteiger partial charge in [0.15, 0.2) is 0 Å². The van der Waals surface area contributed by atoms with Crippen molar-refractivity contribution in [2.45, 2.75) is 38.0 Å². The zero-order chi connectivity index (χ0) is 21.4. The smallest absolute Gasteiger partial charge is 0.392 e. The van der Waals surface area contributed by atoms with Gasteiger partial charge >= 0.3 is 16.7 Å². The number of nitrogens with zero attached hydrogens (tertiary/aromatic N) is 1. The first-order valence-electron chi connectivity index (χ1n) is 8.65. The van der Waals surface area contributed by atoms with Crippen LogP contribution in [0.25, 0.3) is 0 Å². The van der Waals surface area contributed by atoms with E-state index in [1.54, 1.807) is 30.3 Å². The average Bonchev–Trinajstić information content (AvgIpc) is 3.15. The molecular formula is C19H18ClF3N2O3S. The van der Waals surface area contributed by atoms with Crippen molar-refractivity contribution < 1.29 is 26.4 Å². The molecule has 1 fully saturated rings. The van der Waals surface area contributed by atoms with Crippen molar-refractivity contribution >= 4 is 27.8 Å². The van der Waals surface area contributed by atoms with E-state index >= 15 is 0 Å². The molecule has 0 unspecified atom stereocenters. The van der Waals surface area contributed by atoms with Gasteiger partial charge in [-0.3, -0.25) is 0 Å². The summed E-state index contributed by atoms with van der Waals surface area (Å²) in [7, 11) is -2.61. The van der Waals surface area contributed by atoms with E-state index in [4.69, 9.17) is 29.6 Å². The molecule has 1 saturated carbocycles. The van der Waals surface area contributed by atoms with E-state index in [1.807, 2.05) is 0 Å².